The second kappa shape index (κ2) is 8.83. The number of nitrogens with zero attached hydrogens (tertiary/aromatic N) is 2. The van der Waals surface area contributed by atoms with Crippen molar-refractivity contribution < 1.29 is 37.4 Å². The highest BCUT2D eigenvalue weighted by molar-refractivity contribution is 6.32. The predicted molar refractivity (Wildman–Crippen MR) is 139 cm³/mol. The molecule has 2 aromatic heterocycles. The van der Waals surface area contributed by atoms with Crippen LogP contribution in [0.5, 0.6) is 0 Å². The summed E-state index contributed by atoms with van der Waals surface area (Å²) in [6.45, 7) is 1.91. The van der Waals surface area contributed by atoms with Crippen LogP contribution in [0, 0.1) is 5.82 Å². The zero-order valence-corrected chi connectivity index (χ0v) is 22.6. The molecule has 3 heterocycles. The van der Waals surface area contributed by atoms with Crippen molar-refractivity contribution in [2.75, 3.05) is 0 Å². The summed E-state index contributed by atoms with van der Waals surface area (Å²) in [5, 5.41) is 23.7. The van der Waals surface area contributed by atoms with Crippen LogP contribution in [0.3, 0.4) is 0 Å². The van der Waals surface area contributed by atoms with Gasteiger partial charge in [-0.05, 0) is 49.8 Å². The zero-order valence-electron chi connectivity index (χ0n) is 21.9. The molecule has 0 unspecified atom stereocenters. The first-order valence-electron chi connectivity index (χ1n) is 13.1. The summed E-state index contributed by atoms with van der Waals surface area (Å²) in [5.74, 6) is -2.85. The highest BCUT2D eigenvalue weighted by Gasteiger charge is 2.56. The molecule has 1 amide bonds. The largest absolute Gasteiger partial charge is 0.426 e. The first kappa shape index (κ1) is 27.8. The molecule has 0 bridgehead atoms. The Hall–Kier alpha value is -3.35. The van der Waals surface area contributed by atoms with E-state index in [0.29, 0.717) is 29.0 Å². The predicted octanol–water partition coefficient (Wildman–Crippen LogP) is 3.75. The average Bonchev–Trinajstić information content (AvgIpc) is 3.28. The van der Waals surface area contributed by atoms with Gasteiger partial charge >= 0.3 is 6.18 Å². The molecule has 3 aromatic rings. The molecule has 6 rings (SSSR count). The van der Waals surface area contributed by atoms with Crippen molar-refractivity contribution in [3.63, 3.8) is 0 Å². The van der Waals surface area contributed by atoms with Gasteiger partial charge in [-0.25, -0.2) is 9.37 Å². The molecule has 3 N–H and O–H groups in total. The molecule has 0 fully saturated rings. The lowest BCUT2D eigenvalue weighted by Gasteiger charge is -2.32. The molecule has 2 aliphatic carbocycles. The fraction of sp³-hybridized carbons (Fsp3) is 0.429. The van der Waals surface area contributed by atoms with E-state index in [1.165, 1.54) is 10.6 Å². The number of nitrogens with one attached hydrogen (secondary N) is 1. The molecule has 1 aromatic carbocycles. The van der Waals surface area contributed by atoms with E-state index in [1.807, 2.05) is 0 Å². The number of hydrogen-bond donors (Lipinski definition) is 3. The van der Waals surface area contributed by atoms with Crippen molar-refractivity contribution in [2.45, 2.75) is 75.9 Å². The number of ketones is 1. The van der Waals surface area contributed by atoms with E-state index in [0.717, 1.165) is 6.07 Å². The first-order valence-corrected chi connectivity index (χ1v) is 13.5. The van der Waals surface area contributed by atoms with Gasteiger partial charge in [-0.15, -0.1) is 0 Å². The van der Waals surface area contributed by atoms with Crippen molar-refractivity contribution >= 4 is 34.2 Å². The Bertz CT molecular complexity index is 1770. The molecular formula is C28H24ClF4N3O5. The number of alkyl halides is 3. The molecule has 0 radical (unpaired) electrons. The first-order chi connectivity index (χ1) is 19.1. The number of amides is 1. The number of aromatic nitrogens is 2. The molecule has 0 spiro atoms. The van der Waals surface area contributed by atoms with Crippen molar-refractivity contribution in [3.05, 3.63) is 61.1 Å². The van der Waals surface area contributed by atoms with E-state index in [1.54, 1.807) is 6.92 Å². The summed E-state index contributed by atoms with van der Waals surface area (Å²) < 4.78 is 56.6. The quantitative estimate of drug-likeness (QED) is 0.311. The number of fused-ring (bicyclic) bond motifs is 5. The van der Waals surface area contributed by atoms with Gasteiger partial charge in [-0.2, -0.15) is 13.2 Å². The fourth-order valence-electron chi connectivity index (χ4n) is 6.31. The number of benzene rings is 1. The highest BCUT2D eigenvalue weighted by atomic mass is 35.5. The smallest absolute Gasteiger partial charge is 0.377 e. The van der Waals surface area contributed by atoms with Crippen molar-refractivity contribution in [3.8, 4) is 11.4 Å². The van der Waals surface area contributed by atoms with Crippen LogP contribution in [-0.2, 0) is 34.6 Å². The van der Waals surface area contributed by atoms with Gasteiger partial charge < -0.3 is 20.1 Å². The number of hydrogen-bond acceptors (Lipinski definition) is 6. The number of halogens is 5. The molecule has 3 atom stereocenters. The molecule has 41 heavy (non-hydrogen) atoms. The molecule has 13 heteroatoms. The van der Waals surface area contributed by atoms with E-state index < -0.39 is 46.5 Å². The number of pyridine rings is 2. The molecule has 0 saturated heterocycles. The molecule has 8 nitrogen and oxygen atoms in total. The van der Waals surface area contributed by atoms with Crippen LogP contribution in [0.2, 0.25) is 5.02 Å². The lowest BCUT2D eigenvalue weighted by molar-refractivity contribution is -0.245. The van der Waals surface area contributed by atoms with Crippen LogP contribution in [-0.4, -0.2) is 43.2 Å². The van der Waals surface area contributed by atoms with Gasteiger partial charge in [-0.1, -0.05) is 18.5 Å². The normalized spacial score (nSPS) is 22.7. The topological polar surface area (TPSA) is 122 Å². The molecule has 3 aliphatic rings. The minimum absolute atomic E-state index is 0.0133. The minimum atomic E-state index is -5.25. The van der Waals surface area contributed by atoms with Gasteiger partial charge in [0.05, 0.1) is 34.5 Å². The van der Waals surface area contributed by atoms with Crippen LogP contribution in [0.15, 0.2) is 16.9 Å². The van der Waals surface area contributed by atoms with Crippen LogP contribution in [0.25, 0.3) is 22.3 Å². The van der Waals surface area contributed by atoms with E-state index in [4.69, 9.17) is 11.6 Å². The monoisotopic (exact) mass is 593 g/mol. The standard InChI is InChI=1S/C28H24ClF4N3O5/c1-3-27(41)14-8-18-23-13(10-36(18)24(38)11(14)5-7-19(27)37)21-16(35-25(39)26(2,40)28(31,32)33)6-4-12-20(21)17(34-23)9-15(30)22(12)29/h8-9,16,40-41H,3-7,10H2,1-2H3,(H,35,39)/t16-,26+,27+/m1/s1. The summed E-state index contributed by atoms with van der Waals surface area (Å²) in [6, 6.07) is 1.54. The highest BCUT2D eigenvalue weighted by Crippen LogP contribution is 2.47. The Kier molecular flexibility index (Phi) is 5.98. The Labute approximate surface area is 234 Å². The van der Waals surface area contributed by atoms with Gasteiger partial charge in [0.1, 0.15) is 11.4 Å². The maximum atomic E-state index is 14.8. The Morgan fingerprint density at radius 2 is 1.90 bits per heavy atom. The Balaban J connectivity index is 1.60. The third-order valence-electron chi connectivity index (χ3n) is 8.72. The SMILES string of the molecule is CC[C@@]1(O)C(=O)CCc2c1cc1n(c2=O)Cc2c-1nc1cc(F)c(Cl)c3c1c2[C@H](NC(=O)[C@](C)(O)C(F)(F)F)CC3. The van der Waals surface area contributed by atoms with Gasteiger partial charge in [0.25, 0.3) is 11.5 Å². The summed E-state index contributed by atoms with van der Waals surface area (Å²) in [4.78, 5) is 43.7. The summed E-state index contributed by atoms with van der Waals surface area (Å²) in [6.07, 6.45) is -4.96. The Morgan fingerprint density at radius 3 is 2.56 bits per heavy atom. The summed E-state index contributed by atoms with van der Waals surface area (Å²) in [7, 11) is 0. The number of aliphatic hydroxyl groups is 2. The van der Waals surface area contributed by atoms with Crippen LogP contribution in [0.1, 0.15) is 67.0 Å². The van der Waals surface area contributed by atoms with Gasteiger partial charge in [0.15, 0.2) is 5.78 Å². The van der Waals surface area contributed by atoms with Crippen LogP contribution >= 0.6 is 11.6 Å². The summed E-state index contributed by atoms with van der Waals surface area (Å²) in [5.41, 5.74) is -3.89. The van der Waals surface area contributed by atoms with Gasteiger partial charge in [0, 0.05) is 34.6 Å². The molecule has 216 valence electrons. The molecule has 0 saturated carbocycles. The minimum Gasteiger partial charge on any atom is -0.377 e. The number of carbonyl (C=O) groups excluding carboxylic acids is 2. The zero-order chi connectivity index (χ0) is 29.8. The number of carbonyl (C=O) groups is 2. The number of Topliss-reactive ketones (excluding diaryl/α,β-unsaturated/α-hetero) is 1. The summed E-state index contributed by atoms with van der Waals surface area (Å²) >= 11 is 6.28. The van der Waals surface area contributed by atoms with Crippen LogP contribution < -0.4 is 10.9 Å². The lowest BCUT2D eigenvalue weighted by Crippen LogP contribution is -2.55. The van der Waals surface area contributed by atoms with E-state index in [2.05, 4.69) is 10.3 Å². The van der Waals surface area contributed by atoms with E-state index >= 15 is 0 Å². The second-order valence-corrected chi connectivity index (χ2v) is 11.4. The number of aryl methyl sites for hydroxylation is 1. The second-order valence-electron chi connectivity index (χ2n) is 11.0. The van der Waals surface area contributed by atoms with E-state index in [9.17, 15) is 42.2 Å². The lowest BCUT2D eigenvalue weighted by atomic mass is 9.77. The molecular weight excluding hydrogens is 570 g/mol. The maximum absolute atomic E-state index is 14.8. The molecule has 1 aliphatic heterocycles. The van der Waals surface area contributed by atoms with Crippen molar-refractivity contribution in [1.29, 1.82) is 0 Å². The average molecular weight is 594 g/mol. The third-order valence-corrected chi connectivity index (χ3v) is 9.13. The fourth-order valence-corrected chi connectivity index (χ4v) is 6.55. The maximum Gasteiger partial charge on any atom is 0.426 e. The van der Waals surface area contributed by atoms with Crippen molar-refractivity contribution in [2.24, 2.45) is 0 Å². The Morgan fingerprint density at radius 1 is 1.20 bits per heavy atom. The van der Waals surface area contributed by atoms with Gasteiger partial charge in [-0.3, -0.25) is 14.4 Å². The van der Waals surface area contributed by atoms with Crippen molar-refractivity contribution in [1.82, 2.24) is 14.9 Å². The van der Waals surface area contributed by atoms with Crippen LogP contribution in [0.4, 0.5) is 17.6 Å². The number of rotatable bonds is 3. The van der Waals surface area contributed by atoms with Gasteiger partial charge in [0.2, 0.25) is 5.60 Å². The third kappa shape index (κ3) is 3.73. The van der Waals surface area contributed by atoms with E-state index in [-0.39, 0.29) is 71.7 Å².